The summed E-state index contributed by atoms with van der Waals surface area (Å²) in [5.41, 5.74) is 1.42. The maximum atomic E-state index is 12.3. The fraction of sp³-hybridized carbons (Fsp3) is 0.333. The summed E-state index contributed by atoms with van der Waals surface area (Å²) in [7, 11) is 2.06. The van der Waals surface area contributed by atoms with E-state index < -0.39 is 0 Å². The Morgan fingerprint density at radius 3 is 3.00 bits per heavy atom. The van der Waals surface area contributed by atoms with Crippen LogP contribution in [-0.4, -0.2) is 28.5 Å². The molecule has 1 atom stereocenters. The van der Waals surface area contributed by atoms with Crippen molar-refractivity contribution in [1.82, 2.24) is 14.9 Å². The van der Waals surface area contributed by atoms with Crippen molar-refractivity contribution in [3.8, 4) is 0 Å². The van der Waals surface area contributed by atoms with Crippen molar-refractivity contribution in [2.24, 2.45) is 0 Å². The highest BCUT2D eigenvalue weighted by Gasteiger charge is 2.26. The molecule has 0 saturated carbocycles. The van der Waals surface area contributed by atoms with E-state index in [1.807, 2.05) is 18.2 Å². The van der Waals surface area contributed by atoms with Crippen molar-refractivity contribution in [1.29, 1.82) is 0 Å². The molecule has 0 bridgehead atoms. The van der Waals surface area contributed by atoms with Crippen molar-refractivity contribution in [3.63, 3.8) is 0 Å². The maximum absolute atomic E-state index is 12.3. The van der Waals surface area contributed by atoms with Gasteiger partial charge in [0, 0.05) is 9.86 Å². The summed E-state index contributed by atoms with van der Waals surface area (Å²) in [5.74, 6) is 0.732. The molecule has 3 aromatic rings. The topological polar surface area (TPSA) is 62.1 Å². The van der Waals surface area contributed by atoms with Gasteiger partial charge < -0.3 is 9.40 Å². The Balaban J connectivity index is 0.00000144. The van der Waals surface area contributed by atoms with Gasteiger partial charge in [0.15, 0.2) is 0 Å². The number of aromatic amines is 1. The van der Waals surface area contributed by atoms with Crippen LogP contribution < -0.4 is 5.56 Å². The Morgan fingerprint density at radius 1 is 1.45 bits per heavy atom. The fourth-order valence-corrected chi connectivity index (χ4v) is 3.42. The Kier molecular flexibility index (Phi) is 4.01. The van der Waals surface area contributed by atoms with Crippen molar-refractivity contribution in [3.05, 3.63) is 38.9 Å². The molecule has 1 fully saturated rings. The minimum Gasteiger partial charge on any atom is -0.449 e. The summed E-state index contributed by atoms with van der Waals surface area (Å²) in [6.45, 7) is 1.03. The lowest BCUT2D eigenvalue weighted by atomic mass is 10.2. The van der Waals surface area contributed by atoms with Crippen LogP contribution in [0.25, 0.3) is 22.1 Å². The van der Waals surface area contributed by atoms with E-state index in [0.717, 1.165) is 35.1 Å². The van der Waals surface area contributed by atoms with E-state index in [-0.39, 0.29) is 24.0 Å². The van der Waals surface area contributed by atoms with E-state index in [4.69, 9.17) is 4.42 Å². The lowest BCUT2D eigenvalue weighted by molar-refractivity contribution is 0.306. The van der Waals surface area contributed by atoms with Crippen LogP contribution >= 0.6 is 28.3 Å². The number of likely N-dealkylation sites (tertiary alicyclic amines) is 1. The molecule has 0 aliphatic carbocycles. The number of aromatic nitrogens is 2. The fourth-order valence-electron chi connectivity index (χ4n) is 3.06. The molecule has 7 heteroatoms. The molecule has 3 heterocycles. The van der Waals surface area contributed by atoms with Gasteiger partial charge in [-0.2, -0.15) is 0 Å². The molecule has 0 unspecified atom stereocenters. The Morgan fingerprint density at radius 2 is 2.27 bits per heavy atom. The van der Waals surface area contributed by atoms with Crippen LogP contribution in [0.1, 0.15) is 24.7 Å². The van der Waals surface area contributed by atoms with Gasteiger partial charge in [0.2, 0.25) is 5.58 Å². The first kappa shape index (κ1) is 15.5. The van der Waals surface area contributed by atoms with E-state index >= 15 is 0 Å². The summed E-state index contributed by atoms with van der Waals surface area (Å²) in [6.07, 6.45) is 2.14. The zero-order chi connectivity index (χ0) is 14.6. The second-order valence-electron chi connectivity index (χ2n) is 5.51. The molecule has 1 saturated heterocycles. The number of rotatable bonds is 1. The SMILES string of the molecule is CN1CCC[C@H]1c1nc2c(oc3ccc(Br)cc32)c(=O)[nH]1.Cl. The smallest absolute Gasteiger partial charge is 0.294 e. The molecule has 1 aliphatic rings. The number of nitrogens with zero attached hydrogens (tertiary/aromatic N) is 2. The standard InChI is InChI=1S/C15H14BrN3O2.ClH/c1-19-6-2-3-10(19)14-17-12-9-7-8(16)4-5-11(9)21-13(12)15(20)18-14;/h4-5,7,10H,2-3,6H2,1H3,(H,17,18,20);1H/t10-;/m0./s1. The zero-order valence-electron chi connectivity index (χ0n) is 11.9. The molecule has 116 valence electrons. The van der Waals surface area contributed by atoms with Crippen molar-refractivity contribution in [2.45, 2.75) is 18.9 Å². The largest absolute Gasteiger partial charge is 0.449 e. The lowest BCUT2D eigenvalue weighted by Gasteiger charge is -2.17. The van der Waals surface area contributed by atoms with Crippen LogP contribution in [0, 0.1) is 0 Å². The number of nitrogens with one attached hydrogen (secondary N) is 1. The predicted octanol–water partition coefficient (Wildman–Crippen LogP) is 3.62. The highest BCUT2D eigenvalue weighted by Crippen LogP contribution is 2.31. The second kappa shape index (κ2) is 5.68. The van der Waals surface area contributed by atoms with Gasteiger partial charge in [-0.15, -0.1) is 12.4 Å². The van der Waals surface area contributed by atoms with Gasteiger partial charge in [-0.3, -0.25) is 9.69 Å². The molecule has 0 amide bonds. The highest BCUT2D eigenvalue weighted by molar-refractivity contribution is 9.10. The minimum absolute atomic E-state index is 0. The van der Waals surface area contributed by atoms with Crippen molar-refractivity contribution < 1.29 is 4.42 Å². The molecule has 22 heavy (non-hydrogen) atoms. The van der Waals surface area contributed by atoms with E-state index in [9.17, 15) is 4.79 Å². The monoisotopic (exact) mass is 383 g/mol. The zero-order valence-corrected chi connectivity index (χ0v) is 14.3. The van der Waals surface area contributed by atoms with E-state index in [1.54, 1.807) is 0 Å². The summed E-state index contributed by atoms with van der Waals surface area (Å²) in [5, 5.41) is 0.868. The van der Waals surface area contributed by atoms with E-state index in [0.29, 0.717) is 16.7 Å². The quantitative estimate of drug-likeness (QED) is 0.696. The molecule has 2 aromatic heterocycles. The maximum Gasteiger partial charge on any atom is 0.294 e. The van der Waals surface area contributed by atoms with Gasteiger partial charge in [0.1, 0.15) is 16.9 Å². The third-order valence-electron chi connectivity index (χ3n) is 4.14. The molecule has 4 rings (SSSR count). The molecular formula is C15H15BrClN3O2. The van der Waals surface area contributed by atoms with E-state index in [2.05, 4.69) is 37.8 Å². The molecule has 5 nitrogen and oxygen atoms in total. The Bertz CT molecular complexity index is 905. The van der Waals surface area contributed by atoms with E-state index in [1.165, 1.54) is 0 Å². The molecule has 0 radical (unpaired) electrons. The number of halogens is 2. The third-order valence-corrected chi connectivity index (χ3v) is 4.63. The average Bonchev–Trinajstić information content (AvgIpc) is 3.03. The predicted molar refractivity (Wildman–Crippen MR) is 91.7 cm³/mol. The summed E-state index contributed by atoms with van der Waals surface area (Å²) < 4.78 is 6.59. The molecule has 1 aliphatic heterocycles. The Hall–Kier alpha value is -1.37. The number of hydrogen-bond acceptors (Lipinski definition) is 4. The van der Waals surface area contributed by atoms with Crippen LogP contribution in [0.3, 0.4) is 0 Å². The van der Waals surface area contributed by atoms with Gasteiger partial charge in [0.05, 0.1) is 6.04 Å². The number of hydrogen-bond donors (Lipinski definition) is 1. The average molecular weight is 385 g/mol. The van der Waals surface area contributed by atoms with Gasteiger partial charge >= 0.3 is 0 Å². The molecular weight excluding hydrogens is 370 g/mol. The summed E-state index contributed by atoms with van der Waals surface area (Å²) in [6, 6.07) is 5.86. The molecule has 1 N–H and O–H groups in total. The summed E-state index contributed by atoms with van der Waals surface area (Å²) >= 11 is 3.45. The van der Waals surface area contributed by atoms with Crippen molar-refractivity contribution in [2.75, 3.05) is 13.6 Å². The number of H-pyrrole nitrogens is 1. The number of fused-ring (bicyclic) bond motifs is 3. The van der Waals surface area contributed by atoms with Crippen molar-refractivity contribution >= 4 is 50.4 Å². The number of benzene rings is 1. The first-order valence-corrected chi connectivity index (χ1v) is 7.75. The number of furan rings is 1. The first-order valence-electron chi connectivity index (χ1n) is 6.96. The first-order chi connectivity index (χ1) is 10.1. The van der Waals surface area contributed by atoms with Crippen LogP contribution in [0.5, 0.6) is 0 Å². The highest BCUT2D eigenvalue weighted by atomic mass is 79.9. The van der Waals surface area contributed by atoms with Gasteiger partial charge in [-0.1, -0.05) is 15.9 Å². The van der Waals surface area contributed by atoms with Crippen LogP contribution in [0.15, 0.2) is 31.9 Å². The minimum atomic E-state index is -0.206. The second-order valence-corrected chi connectivity index (χ2v) is 6.43. The van der Waals surface area contributed by atoms with Crippen LogP contribution in [-0.2, 0) is 0 Å². The normalized spacial score (nSPS) is 18.9. The summed E-state index contributed by atoms with van der Waals surface area (Å²) in [4.78, 5) is 22.1. The van der Waals surface area contributed by atoms with Crippen LogP contribution in [0.2, 0.25) is 0 Å². The van der Waals surface area contributed by atoms with Crippen LogP contribution in [0.4, 0.5) is 0 Å². The molecule has 0 spiro atoms. The van der Waals surface area contributed by atoms with Gasteiger partial charge in [-0.25, -0.2) is 4.98 Å². The van der Waals surface area contributed by atoms with Gasteiger partial charge in [-0.05, 0) is 44.6 Å². The molecule has 1 aromatic carbocycles. The lowest BCUT2D eigenvalue weighted by Crippen LogP contribution is -2.22. The third kappa shape index (κ3) is 2.35. The Labute approximate surface area is 141 Å². The van der Waals surface area contributed by atoms with Gasteiger partial charge in [0.25, 0.3) is 5.56 Å².